The van der Waals surface area contributed by atoms with Crippen molar-refractivity contribution < 1.29 is 0 Å². The molecule has 1 unspecified atom stereocenters. The predicted molar refractivity (Wildman–Crippen MR) is 125 cm³/mol. The van der Waals surface area contributed by atoms with Gasteiger partial charge in [-0.2, -0.15) is 5.10 Å². The van der Waals surface area contributed by atoms with Gasteiger partial charge < -0.3 is 5.32 Å². The molecule has 0 radical (unpaired) electrons. The van der Waals surface area contributed by atoms with E-state index in [2.05, 4.69) is 77.9 Å². The molecule has 28 heavy (non-hydrogen) atoms. The lowest BCUT2D eigenvalue weighted by Crippen LogP contribution is -2.23. The topological polar surface area (TPSA) is 29.9 Å². The zero-order chi connectivity index (χ0) is 21.3. The van der Waals surface area contributed by atoms with Crippen molar-refractivity contribution in [1.82, 2.24) is 15.1 Å². The Labute approximate surface area is 172 Å². The summed E-state index contributed by atoms with van der Waals surface area (Å²) in [6.07, 6.45) is 6.22. The number of aromatic nitrogens is 2. The summed E-state index contributed by atoms with van der Waals surface area (Å²) in [7, 11) is 2.02. The minimum atomic E-state index is 0.268. The summed E-state index contributed by atoms with van der Waals surface area (Å²) in [6, 6.07) is 6.69. The molecular formula is C25H39N3. The molecule has 154 valence electrons. The number of piperidine rings is 1. The fourth-order valence-corrected chi connectivity index (χ4v) is 3.09. The van der Waals surface area contributed by atoms with E-state index in [1.807, 2.05) is 17.8 Å². The predicted octanol–water partition coefficient (Wildman–Crippen LogP) is 7.19. The highest BCUT2D eigenvalue weighted by atomic mass is 15.3. The van der Waals surface area contributed by atoms with Crippen LogP contribution in [-0.4, -0.2) is 9.78 Å². The minimum Gasteiger partial charge on any atom is -0.363 e. The number of benzene rings is 1. The summed E-state index contributed by atoms with van der Waals surface area (Å²) < 4.78 is 1.99. The largest absolute Gasteiger partial charge is 0.363 e. The second-order valence-electron chi connectivity index (χ2n) is 7.69. The van der Waals surface area contributed by atoms with Crippen molar-refractivity contribution in [3.8, 4) is 0 Å². The van der Waals surface area contributed by atoms with Crippen LogP contribution < -0.4 is 5.32 Å². The van der Waals surface area contributed by atoms with E-state index >= 15 is 0 Å². The molecule has 0 saturated carbocycles. The van der Waals surface area contributed by atoms with E-state index in [4.69, 9.17) is 5.10 Å². The fraction of sp³-hybridized carbons (Fsp3) is 0.480. The average Bonchev–Trinajstić information content (AvgIpc) is 2.98. The normalized spacial score (nSPS) is 16.0. The Morgan fingerprint density at radius 3 is 2.36 bits per heavy atom. The Hall–Kier alpha value is -2.29. The second-order valence-corrected chi connectivity index (χ2v) is 7.69. The van der Waals surface area contributed by atoms with Crippen molar-refractivity contribution in [2.75, 3.05) is 0 Å². The Balaban J connectivity index is 0.000000489. The van der Waals surface area contributed by atoms with Crippen LogP contribution in [0.5, 0.6) is 0 Å². The first-order valence-corrected chi connectivity index (χ1v) is 10.5. The van der Waals surface area contributed by atoms with Gasteiger partial charge >= 0.3 is 0 Å². The molecule has 1 saturated heterocycles. The maximum atomic E-state index is 4.78. The molecule has 0 spiro atoms. The van der Waals surface area contributed by atoms with Crippen LogP contribution in [0.25, 0.3) is 10.9 Å². The molecule has 1 fully saturated rings. The van der Waals surface area contributed by atoms with Gasteiger partial charge in [0.25, 0.3) is 0 Å². The zero-order valence-electron chi connectivity index (χ0n) is 18.8. The first kappa shape index (κ1) is 23.7. The molecular weight excluding hydrogens is 342 g/mol. The quantitative estimate of drug-likeness (QED) is 0.570. The first-order chi connectivity index (χ1) is 13.3. The van der Waals surface area contributed by atoms with Crippen LogP contribution in [0.4, 0.5) is 0 Å². The molecule has 1 N–H and O–H groups in total. The van der Waals surface area contributed by atoms with Crippen molar-refractivity contribution in [3.63, 3.8) is 0 Å². The smallest absolute Gasteiger partial charge is 0.0792 e. The highest BCUT2D eigenvalue weighted by Gasteiger charge is 2.25. The van der Waals surface area contributed by atoms with Crippen molar-refractivity contribution in [1.29, 1.82) is 0 Å². The third kappa shape index (κ3) is 6.12. The molecule has 2 aromatic rings. The summed E-state index contributed by atoms with van der Waals surface area (Å²) in [4.78, 5) is 0. The van der Waals surface area contributed by atoms with E-state index < -0.39 is 0 Å². The van der Waals surface area contributed by atoms with Crippen molar-refractivity contribution >= 4 is 10.9 Å². The van der Waals surface area contributed by atoms with E-state index in [1.54, 1.807) is 0 Å². The number of fused-ring (bicyclic) bond motifs is 1. The second kappa shape index (κ2) is 11.5. The van der Waals surface area contributed by atoms with Crippen LogP contribution in [0.2, 0.25) is 0 Å². The summed E-state index contributed by atoms with van der Waals surface area (Å²) in [5, 5.41) is 9.31. The Morgan fingerprint density at radius 1 is 1.25 bits per heavy atom. The third-order valence-electron chi connectivity index (χ3n) is 4.68. The monoisotopic (exact) mass is 381 g/mol. The van der Waals surface area contributed by atoms with Crippen molar-refractivity contribution in [2.24, 2.45) is 7.05 Å². The van der Waals surface area contributed by atoms with Gasteiger partial charge in [-0.05, 0) is 36.8 Å². The van der Waals surface area contributed by atoms with Crippen LogP contribution in [-0.2, 0) is 7.05 Å². The number of hydrogen-bond donors (Lipinski definition) is 1. The Bertz CT molecular complexity index is 795. The highest BCUT2D eigenvalue weighted by molar-refractivity contribution is 5.83. The Morgan fingerprint density at radius 2 is 1.86 bits per heavy atom. The minimum absolute atomic E-state index is 0.268. The third-order valence-corrected chi connectivity index (χ3v) is 4.68. The zero-order valence-corrected chi connectivity index (χ0v) is 18.8. The van der Waals surface area contributed by atoms with E-state index in [0.717, 1.165) is 36.4 Å². The van der Waals surface area contributed by atoms with Crippen LogP contribution >= 0.6 is 0 Å². The number of aryl methyl sites for hydroxylation is 1. The van der Waals surface area contributed by atoms with Crippen LogP contribution in [0.3, 0.4) is 0 Å². The maximum absolute atomic E-state index is 4.78. The van der Waals surface area contributed by atoms with E-state index in [1.165, 1.54) is 22.9 Å². The summed E-state index contributed by atoms with van der Waals surface area (Å²) >= 11 is 0. The lowest BCUT2D eigenvalue weighted by Gasteiger charge is -2.26. The lowest BCUT2D eigenvalue weighted by atomic mass is 9.89. The van der Waals surface area contributed by atoms with Gasteiger partial charge in [-0.1, -0.05) is 72.4 Å². The van der Waals surface area contributed by atoms with Crippen LogP contribution in [0.15, 0.2) is 55.4 Å². The molecule has 3 rings (SSSR count). The molecule has 3 heteroatoms. The molecule has 1 aliphatic rings. The number of nitrogens with one attached hydrogen (secondary N) is 1. The van der Waals surface area contributed by atoms with Gasteiger partial charge in [0.05, 0.1) is 11.2 Å². The molecule has 3 nitrogen and oxygen atoms in total. The number of allylic oxidation sites excluding steroid dienone is 3. The molecule has 1 aromatic heterocycles. The van der Waals surface area contributed by atoms with Gasteiger partial charge in [-0.15, -0.1) is 6.58 Å². The van der Waals surface area contributed by atoms with Gasteiger partial charge in [-0.25, -0.2) is 0 Å². The molecule has 2 heterocycles. The standard InChI is InChI=1S/C18H23N3.C4H8.C3H8/c1-11(2)14-7-9-16-17(10-14)21(5)20-18(16)15-8-6-12(3)19-13(15)4;1-3-4-2;1-3-2/h7,9-11,15,19H,3-4,6,8H2,1-2,5H3;3H,1,4H2,2H3;3H2,1-2H3. The number of nitrogens with zero attached hydrogens (tertiary/aromatic N) is 2. The van der Waals surface area contributed by atoms with Gasteiger partial charge in [0.1, 0.15) is 0 Å². The van der Waals surface area contributed by atoms with Crippen molar-refractivity contribution in [2.45, 2.75) is 72.1 Å². The number of rotatable bonds is 3. The van der Waals surface area contributed by atoms with Gasteiger partial charge in [-0.3, -0.25) is 4.68 Å². The number of hydrogen-bond acceptors (Lipinski definition) is 2. The van der Waals surface area contributed by atoms with Gasteiger partial charge in [0.15, 0.2) is 0 Å². The Kier molecular flexibility index (Phi) is 9.78. The lowest BCUT2D eigenvalue weighted by molar-refractivity contribution is 0.575. The molecule has 1 aliphatic heterocycles. The highest BCUT2D eigenvalue weighted by Crippen LogP contribution is 2.36. The molecule has 0 bridgehead atoms. The molecule has 1 atom stereocenters. The maximum Gasteiger partial charge on any atom is 0.0792 e. The van der Waals surface area contributed by atoms with Crippen LogP contribution in [0, 0.1) is 0 Å². The molecule has 0 aliphatic carbocycles. The summed E-state index contributed by atoms with van der Waals surface area (Å²) in [6.45, 7) is 22.4. The van der Waals surface area contributed by atoms with Crippen molar-refractivity contribution in [3.05, 3.63) is 66.7 Å². The summed E-state index contributed by atoms with van der Waals surface area (Å²) in [5.41, 5.74) is 5.75. The molecule has 0 amide bonds. The van der Waals surface area contributed by atoms with Gasteiger partial charge in [0.2, 0.25) is 0 Å². The van der Waals surface area contributed by atoms with E-state index in [9.17, 15) is 0 Å². The van der Waals surface area contributed by atoms with Gasteiger partial charge in [0, 0.05) is 29.7 Å². The molecule has 1 aromatic carbocycles. The average molecular weight is 382 g/mol. The first-order valence-electron chi connectivity index (χ1n) is 10.5. The van der Waals surface area contributed by atoms with E-state index in [0.29, 0.717) is 5.92 Å². The SMILES string of the molecule is C=C1CCC(c2nn(C)c3cc(C(C)C)ccc23)C(=C)N1.C=CCC.CCC. The van der Waals surface area contributed by atoms with E-state index in [-0.39, 0.29) is 5.92 Å². The van der Waals surface area contributed by atoms with Crippen LogP contribution in [0.1, 0.15) is 83.4 Å². The fourth-order valence-electron chi connectivity index (χ4n) is 3.09. The summed E-state index contributed by atoms with van der Waals surface area (Å²) in [5.74, 6) is 0.798.